The summed E-state index contributed by atoms with van der Waals surface area (Å²) < 4.78 is 0. The molecule has 1 N–H and O–H groups in total. The second-order valence-electron chi connectivity index (χ2n) is 6.32. The number of hydrogen-bond donors (Lipinski definition) is 1. The molecule has 0 unspecified atom stereocenters. The molecule has 0 fully saturated rings. The first-order chi connectivity index (χ1) is 11.8. The Labute approximate surface area is 164 Å². The van der Waals surface area contributed by atoms with Crippen LogP contribution < -0.4 is 5.32 Å². The number of amides is 1. The summed E-state index contributed by atoms with van der Waals surface area (Å²) in [6, 6.07) is 9.89. The molecule has 2 rings (SSSR count). The molecule has 0 spiro atoms. The van der Waals surface area contributed by atoms with Crippen molar-refractivity contribution in [3.05, 3.63) is 68.2 Å². The topological polar surface area (TPSA) is 29.1 Å². The quantitative estimate of drug-likeness (QED) is 0.646. The first-order valence-electron chi connectivity index (χ1n) is 8.16. The highest BCUT2D eigenvalue weighted by Crippen LogP contribution is 2.25. The van der Waals surface area contributed by atoms with Gasteiger partial charge in [0.15, 0.2) is 0 Å². The third kappa shape index (κ3) is 5.67. The minimum absolute atomic E-state index is 0.00243. The number of rotatable bonds is 6. The number of nitrogens with one attached hydrogen (secondary N) is 1. The first-order valence-corrected chi connectivity index (χ1v) is 10.1. The highest BCUT2D eigenvalue weighted by atomic mass is 35.5. The van der Waals surface area contributed by atoms with Crippen LogP contribution in [-0.2, 0) is 10.5 Å². The molecule has 134 valence electrons. The maximum Gasteiger partial charge on any atom is 0.230 e. The fourth-order valence-corrected chi connectivity index (χ4v) is 3.81. The van der Waals surface area contributed by atoms with Gasteiger partial charge >= 0.3 is 0 Å². The van der Waals surface area contributed by atoms with E-state index in [1.807, 2.05) is 19.1 Å². The summed E-state index contributed by atoms with van der Waals surface area (Å²) >= 11 is 13.5. The summed E-state index contributed by atoms with van der Waals surface area (Å²) in [4.78, 5) is 12.2. The molecular weight excluding hydrogens is 373 g/mol. The van der Waals surface area contributed by atoms with Crippen molar-refractivity contribution in [1.82, 2.24) is 5.32 Å². The zero-order valence-electron chi connectivity index (χ0n) is 15.0. The van der Waals surface area contributed by atoms with E-state index in [0.717, 1.165) is 11.3 Å². The fraction of sp³-hybridized carbons (Fsp3) is 0.350. The van der Waals surface area contributed by atoms with E-state index in [1.165, 1.54) is 22.3 Å². The highest BCUT2D eigenvalue weighted by Gasteiger charge is 2.13. The summed E-state index contributed by atoms with van der Waals surface area (Å²) in [5, 5.41) is 4.17. The Morgan fingerprint density at radius 2 is 1.72 bits per heavy atom. The Hall–Kier alpha value is -1.16. The van der Waals surface area contributed by atoms with E-state index in [4.69, 9.17) is 23.2 Å². The Bertz CT molecular complexity index is 777. The monoisotopic (exact) mass is 395 g/mol. The van der Waals surface area contributed by atoms with Crippen LogP contribution in [0.15, 0.2) is 30.3 Å². The third-order valence-corrected chi connectivity index (χ3v) is 5.96. The minimum Gasteiger partial charge on any atom is -0.349 e. The molecule has 0 aromatic heterocycles. The molecule has 0 heterocycles. The molecule has 25 heavy (non-hydrogen) atoms. The number of aryl methyl sites for hydroxylation is 3. The summed E-state index contributed by atoms with van der Waals surface area (Å²) in [6.07, 6.45) is 0. The van der Waals surface area contributed by atoms with Crippen molar-refractivity contribution >= 4 is 40.9 Å². The molecule has 2 aromatic rings. The van der Waals surface area contributed by atoms with Gasteiger partial charge in [-0.25, -0.2) is 0 Å². The van der Waals surface area contributed by atoms with Crippen LogP contribution in [0.3, 0.4) is 0 Å². The van der Waals surface area contributed by atoms with Crippen molar-refractivity contribution < 1.29 is 4.79 Å². The molecule has 0 saturated carbocycles. The van der Waals surface area contributed by atoms with Crippen LogP contribution in [0.1, 0.15) is 40.8 Å². The van der Waals surface area contributed by atoms with Crippen LogP contribution in [0.4, 0.5) is 0 Å². The van der Waals surface area contributed by atoms with Crippen molar-refractivity contribution in [2.75, 3.05) is 5.75 Å². The normalized spacial score (nSPS) is 12.1. The molecule has 0 aliphatic heterocycles. The zero-order valence-corrected chi connectivity index (χ0v) is 17.3. The van der Waals surface area contributed by atoms with Crippen molar-refractivity contribution in [3.8, 4) is 0 Å². The lowest BCUT2D eigenvalue weighted by molar-refractivity contribution is -0.119. The molecule has 0 aliphatic rings. The Morgan fingerprint density at radius 3 is 2.40 bits per heavy atom. The summed E-state index contributed by atoms with van der Waals surface area (Å²) in [5.74, 6) is 1.17. The van der Waals surface area contributed by atoms with Gasteiger partial charge in [0.25, 0.3) is 0 Å². The lowest BCUT2D eigenvalue weighted by Crippen LogP contribution is -2.28. The largest absolute Gasteiger partial charge is 0.349 e. The average molecular weight is 396 g/mol. The van der Waals surface area contributed by atoms with E-state index in [9.17, 15) is 4.79 Å². The van der Waals surface area contributed by atoms with Gasteiger partial charge in [-0.15, -0.1) is 11.8 Å². The van der Waals surface area contributed by atoms with Crippen LogP contribution >= 0.6 is 35.0 Å². The predicted octanol–water partition coefficient (Wildman–Crippen LogP) is 6.03. The van der Waals surface area contributed by atoms with Crippen LogP contribution in [0.5, 0.6) is 0 Å². The van der Waals surface area contributed by atoms with Gasteiger partial charge in [-0.05, 0) is 67.6 Å². The molecule has 0 bridgehead atoms. The first kappa shape index (κ1) is 20.2. The Kier molecular flexibility index (Phi) is 7.24. The van der Waals surface area contributed by atoms with Crippen molar-refractivity contribution in [2.24, 2.45) is 0 Å². The van der Waals surface area contributed by atoms with Crippen molar-refractivity contribution in [2.45, 2.75) is 39.5 Å². The van der Waals surface area contributed by atoms with Crippen LogP contribution in [0.2, 0.25) is 10.0 Å². The minimum atomic E-state index is -0.00243. The Morgan fingerprint density at radius 1 is 1.04 bits per heavy atom. The van der Waals surface area contributed by atoms with Crippen LogP contribution in [0.25, 0.3) is 0 Å². The molecule has 0 saturated heterocycles. The van der Waals surface area contributed by atoms with Gasteiger partial charge in [-0.3, -0.25) is 4.79 Å². The molecule has 5 heteroatoms. The van der Waals surface area contributed by atoms with Gasteiger partial charge in [0, 0.05) is 5.75 Å². The second-order valence-corrected chi connectivity index (χ2v) is 8.12. The number of carbonyl (C=O) groups is 1. The van der Waals surface area contributed by atoms with Gasteiger partial charge < -0.3 is 5.32 Å². The third-order valence-electron chi connectivity index (χ3n) is 4.21. The van der Waals surface area contributed by atoms with E-state index >= 15 is 0 Å². The summed E-state index contributed by atoms with van der Waals surface area (Å²) in [7, 11) is 0. The van der Waals surface area contributed by atoms with E-state index in [2.05, 4.69) is 38.2 Å². The number of benzene rings is 2. The van der Waals surface area contributed by atoms with Gasteiger partial charge in [0.05, 0.1) is 21.8 Å². The smallest absolute Gasteiger partial charge is 0.230 e. The van der Waals surface area contributed by atoms with E-state index in [-0.39, 0.29) is 11.9 Å². The number of thioether (sulfide) groups is 1. The molecule has 1 atom stereocenters. The van der Waals surface area contributed by atoms with Gasteiger partial charge in [-0.2, -0.15) is 0 Å². The molecule has 2 aromatic carbocycles. The molecule has 2 nitrogen and oxygen atoms in total. The summed E-state index contributed by atoms with van der Waals surface area (Å²) in [6.45, 7) is 8.32. The maximum absolute atomic E-state index is 12.2. The predicted molar refractivity (Wildman–Crippen MR) is 110 cm³/mol. The Balaban J connectivity index is 1.87. The SMILES string of the molecule is Cc1cc(C)c([C@@H](C)NC(=O)CSCc2ccc(Cl)c(Cl)c2)cc1C. The van der Waals surface area contributed by atoms with Crippen LogP contribution in [-0.4, -0.2) is 11.7 Å². The molecule has 0 aliphatic carbocycles. The van der Waals surface area contributed by atoms with Crippen LogP contribution in [0, 0.1) is 20.8 Å². The lowest BCUT2D eigenvalue weighted by Gasteiger charge is -2.18. The second kappa shape index (κ2) is 8.98. The molecule has 0 radical (unpaired) electrons. The maximum atomic E-state index is 12.2. The van der Waals surface area contributed by atoms with Gasteiger partial charge in [-0.1, -0.05) is 41.4 Å². The van der Waals surface area contributed by atoms with E-state index in [1.54, 1.807) is 17.8 Å². The molecule has 1 amide bonds. The van der Waals surface area contributed by atoms with E-state index in [0.29, 0.717) is 15.8 Å². The molecular formula is C20H23Cl2NOS. The van der Waals surface area contributed by atoms with Gasteiger partial charge in [0.1, 0.15) is 0 Å². The summed E-state index contributed by atoms with van der Waals surface area (Å²) in [5.41, 5.74) is 5.96. The number of halogens is 2. The van der Waals surface area contributed by atoms with Crippen molar-refractivity contribution in [3.63, 3.8) is 0 Å². The average Bonchev–Trinajstić information content (AvgIpc) is 2.54. The highest BCUT2D eigenvalue weighted by molar-refractivity contribution is 7.99. The number of carbonyl (C=O) groups excluding carboxylic acids is 1. The van der Waals surface area contributed by atoms with Gasteiger partial charge in [0.2, 0.25) is 5.91 Å². The van der Waals surface area contributed by atoms with Crippen molar-refractivity contribution in [1.29, 1.82) is 0 Å². The number of hydrogen-bond acceptors (Lipinski definition) is 2. The zero-order chi connectivity index (χ0) is 18.6. The lowest BCUT2D eigenvalue weighted by atomic mass is 9.96. The fourth-order valence-electron chi connectivity index (χ4n) is 2.70. The van der Waals surface area contributed by atoms with E-state index < -0.39 is 0 Å². The standard InChI is InChI=1S/C20H23Cl2NOS/c1-12-7-14(3)17(8-13(12)2)15(4)23-20(24)11-25-10-16-5-6-18(21)19(22)9-16/h5-9,15H,10-11H2,1-4H3,(H,23,24)/t15-/m1/s1.